The van der Waals surface area contributed by atoms with Crippen molar-refractivity contribution in [1.82, 2.24) is 5.32 Å². The average Bonchev–Trinajstić information content (AvgIpc) is 2.03. The minimum atomic E-state index is -0.265. The van der Waals surface area contributed by atoms with Crippen molar-refractivity contribution in [3.8, 4) is 0 Å². The number of hydrogen-bond donors (Lipinski definition) is 2. The van der Waals surface area contributed by atoms with Crippen LogP contribution >= 0.6 is 0 Å². The molecule has 0 saturated carbocycles. The Kier molecular flexibility index (Phi) is 6.70. The van der Waals surface area contributed by atoms with E-state index < -0.39 is 0 Å². The second kappa shape index (κ2) is 7.06. The van der Waals surface area contributed by atoms with E-state index in [0.29, 0.717) is 13.2 Å². The molecular formula is C8H18N2O2. The van der Waals surface area contributed by atoms with Gasteiger partial charge in [-0.15, -0.1) is 0 Å². The molecule has 0 heterocycles. The molecule has 0 aliphatic rings. The number of hydrogen-bond acceptors (Lipinski definition) is 3. The number of amides is 1. The SMILES string of the molecule is CCOCCNCC(C)C(N)=O. The van der Waals surface area contributed by atoms with Crippen molar-refractivity contribution in [3.05, 3.63) is 0 Å². The number of nitrogens with one attached hydrogen (secondary N) is 1. The van der Waals surface area contributed by atoms with Gasteiger partial charge in [-0.3, -0.25) is 4.79 Å². The van der Waals surface area contributed by atoms with Crippen molar-refractivity contribution in [1.29, 1.82) is 0 Å². The van der Waals surface area contributed by atoms with E-state index in [1.165, 1.54) is 0 Å². The van der Waals surface area contributed by atoms with E-state index in [1.807, 2.05) is 6.92 Å². The van der Waals surface area contributed by atoms with E-state index in [0.717, 1.165) is 13.2 Å². The molecule has 0 radical (unpaired) electrons. The third-order valence-electron chi connectivity index (χ3n) is 1.56. The van der Waals surface area contributed by atoms with Gasteiger partial charge in [-0.05, 0) is 6.92 Å². The molecule has 0 aromatic heterocycles. The molecule has 0 fully saturated rings. The van der Waals surface area contributed by atoms with E-state index >= 15 is 0 Å². The van der Waals surface area contributed by atoms with Crippen molar-refractivity contribution in [2.24, 2.45) is 11.7 Å². The first kappa shape index (κ1) is 11.4. The van der Waals surface area contributed by atoms with Gasteiger partial charge in [0.2, 0.25) is 5.91 Å². The number of nitrogens with two attached hydrogens (primary N) is 1. The van der Waals surface area contributed by atoms with Crippen LogP contribution in [0.5, 0.6) is 0 Å². The Balaban J connectivity index is 3.14. The van der Waals surface area contributed by atoms with Crippen molar-refractivity contribution in [3.63, 3.8) is 0 Å². The molecule has 1 unspecified atom stereocenters. The highest BCUT2D eigenvalue weighted by Gasteiger charge is 2.06. The van der Waals surface area contributed by atoms with Gasteiger partial charge in [-0.25, -0.2) is 0 Å². The second-order valence-corrected chi connectivity index (χ2v) is 2.70. The molecule has 72 valence electrons. The normalized spacial score (nSPS) is 12.8. The first-order valence-electron chi connectivity index (χ1n) is 4.26. The molecule has 0 bridgehead atoms. The van der Waals surface area contributed by atoms with Crippen LogP contribution in [-0.2, 0) is 9.53 Å². The highest BCUT2D eigenvalue weighted by molar-refractivity contribution is 5.76. The molecule has 0 aliphatic carbocycles. The predicted octanol–water partition coefficient (Wildman–Crippen LogP) is -0.266. The maximum absolute atomic E-state index is 10.6. The van der Waals surface area contributed by atoms with Gasteiger partial charge in [0.05, 0.1) is 6.61 Å². The lowest BCUT2D eigenvalue weighted by Gasteiger charge is -2.08. The van der Waals surface area contributed by atoms with Gasteiger partial charge in [-0.2, -0.15) is 0 Å². The molecule has 1 amide bonds. The maximum atomic E-state index is 10.6. The fourth-order valence-corrected chi connectivity index (χ4v) is 0.708. The minimum absolute atomic E-state index is 0.105. The monoisotopic (exact) mass is 174 g/mol. The Morgan fingerprint density at radius 3 is 2.83 bits per heavy atom. The fraction of sp³-hybridized carbons (Fsp3) is 0.875. The zero-order valence-electron chi connectivity index (χ0n) is 7.80. The van der Waals surface area contributed by atoms with Gasteiger partial charge in [0.25, 0.3) is 0 Å². The Morgan fingerprint density at radius 2 is 2.33 bits per heavy atom. The van der Waals surface area contributed by atoms with Crippen molar-refractivity contribution in [2.45, 2.75) is 13.8 Å². The summed E-state index contributed by atoms with van der Waals surface area (Å²) in [6.07, 6.45) is 0. The Labute approximate surface area is 73.5 Å². The summed E-state index contributed by atoms with van der Waals surface area (Å²) in [5.41, 5.74) is 5.07. The third-order valence-corrected chi connectivity index (χ3v) is 1.56. The molecule has 0 rings (SSSR count). The quantitative estimate of drug-likeness (QED) is 0.522. The standard InChI is InChI=1S/C8H18N2O2/c1-3-12-5-4-10-6-7(2)8(9)11/h7,10H,3-6H2,1-2H3,(H2,9,11). The van der Waals surface area contributed by atoms with Crippen LogP contribution in [0.1, 0.15) is 13.8 Å². The van der Waals surface area contributed by atoms with Gasteiger partial charge in [0.15, 0.2) is 0 Å². The van der Waals surface area contributed by atoms with Crippen molar-refractivity contribution < 1.29 is 9.53 Å². The van der Waals surface area contributed by atoms with Crippen molar-refractivity contribution in [2.75, 3.05) is 26.3 Å². The summed E-state index contributed by atoms with van der Waals surface area (Å²) in [5.74, 6) is -0.370. The molecule has 0 aromatic rings. The Hall–Kier alpha value is -0.610. The molecule has 1 atom stereocenters. The summed E-state index contributed by atoms with van der Waals surface area (Å²) < 4.78 is 5.10. The summed E-state index contributed by atoms with van der Waals surface area (Å²) in [5, 5.41) is 3.08. The predicted molar refractivity (Wildman–Crippen MR) is 47.7 cm³/mol. The highest BCUT2D eigenvalue weighted by atomic mass is 16.5. The van der Waals surface area contributed by atoms with Crippen LogP contribution in [0.2, 0.25) is 0 Å². The van der Waals surface area contributed by atoms with Crippen molar-refractivity contribution >= 4 is 5.91 Å². The number of carbonyl (C=O) groups excluding carboxylic acids is 1. The Morgan fingerprint density at radius 1 is 1.67 bits per heavy atom. The molecule has 0 saturated heterocycles. The average molecular weight is 174 g/mol. The second-order valence-electron chi connectivity index (χ2n) is 2.70. The lowest BCUT2D eigenvalue weighted by molar-refractivity contribution is -0.121. The van der Waals surface area contributed by atoms with Crippen LogP contribution in [0.4, 0.5) is 0 Å². The van der Waals surface area contributed by atoms with E-state index in [2.05, 4.69) is 5.32 Å². The van der Waals surface area contributed by atoms with E-state index in [1.54, 1.807) is 6.92 Å². The summed E-state index contributed by atoms with van der Waals surface area (Å²) in [6.45, 7) is 6.56. The minimum Gasteiger partial charge on any atom is -0.380 e. The van der Waals surface area contributed by atoms with Crippen LogP contribution in [0.15, 0.2) is 0 Å². The zero-order chi connectivity index (χ0) is 9.40. The smallest absolute Gasteiger partial charge is 0.221 e. The topological polar surface area (TPSA) is 64.3 Å². The summed E-state index contributed by atoms with van der Waals surface area (Å²) in [6, 6.07) is 0. The first-order valence-corrected chi connectivity index (χ1v) is 4.26. The highest BCUT2D eigenvalue weighted by Crippen LogP contribution is 1.88. The Bertz CT molecular complexity index is 128. The van der Waals surface area contributed by atoms with Crippen LogP contribution in [0.3, 0.4) is 0 Å². The fourth-order valence-electron chi connectivity index (χ4n) is 0.708. The molecule has 0 spiro atoms. The molecule has 4 nitrogen and oxygen atoms in total. The van der Waals surface area contributed by atoms with Gasteiger partial charge >= 0.3 is 0 Å². The number of carbonyl (C=O) groups is 1. The van der Waals surface area contributed by atoms with Crippen LogP contribution < -0.4 is 11.1 Å². The molecule has 3 N–H and O–H groups in total. The zero-order valence-corrected chi connectivity index (χ0v) is 7.80. The van der Waals surface area contributed by atoms with E-state index in [-0.39, 0.29) is 11.8 Å². The first-order chi connectivity index (χ1) is 5.68. The maximum Gasteiger partial charge on any atom is 0.221 e. The summed E-state index contributed by atoms with van der Waals surface area (Å²) >= 11 is 0. The molecule has 0 aromatic carbocycles. The van der Waals surface area contributed by atoms with Crippen LogP contribution in [0.25, 0.3) is 0 Å². The number of rotatable bonds is 7. The molecular weight excluding hydrogens is 156 g/mol. The largest absolute Gasteiger partial charge is 0.380 e. The molecule has 0 aliphatic heterocycles. The van der Waals surface area contributed by atoms with Gasteiger partial charge in [0.1, 0.15) is 0 Å². The lowest BCUT2D eigenvalue weighted by atomic mass is 10.2. The summed E-state index contributed by atoms with van der Waals surface area (Å²) in [4.78, 5) is 10.6. The van der Waals surface area contributed by atoms with Gasteiger partial charge in [-0.1, -0.05) is 6.92 Å². The third kappa shape index (κ3) is 6.12. The summed E-state index contributed by atoms with van der Waals surface area (Å²) in [7, 11) is 0. The van der Waals surface area contributed by atoms with Gasteiger partial charge < -0.3 is 15.8 Å². The molecule has 12 heavy (non-hydrogen) atoms. The number of ether oxygens (including phenoxy) is 1. The molecule has 4 heteroatoms. The van der Waals surface area contributed by atoms with E-state index in [4.69, 9.17) is 10.5 Å². The van der Waals surface area contributed by atoms with Crippen LogP contribution in [0, 0.1) is 5.92 Å². The van der Waals surface area contributed by atoms with E-state index in [9.17, 15) is 4.79 Å². The van der Waals surface area contributed by atoms with Gasteiger partial charge in [0, 0.05) is 25.6 Å². The number of primary amides is 1. The lowest BCUT2D eigenvalue weighted by Crippen LogP contribution is -2.32. The van der Waals surface area contributed by atoms with Crippen LogP contribution in [-0.4, -0.2) is 32.2 Å².